The third-order valence-electron chi connectivity index (χ3n) is 2.76. The fourth-order valence-corrected chi connectivity index (χ4v) is 2.05. The van der Waals surface area contributed by atoms with Crippen LogP contribution in [0.2, 0.25) is 0 Å². The van der Waals surface area contributed by atoms with Crippen molar-refractivity contribution in [2.45, 2.75) is 13.5 Å². The van der Waals surface area contributed by atoms with Crippen LogP contribution in [0.4, 0.5) is 5.69 Å². The van der Waals surface area contributed by atoms with E-state index in [1.165, 1.54) is 11.1 Å². The minimum Gasteiger partial charge on any atom is -0.389 e. The number of para-hydroxylation sites is 1. The maximum Gasteiger partial charge on any atom is 0.106 e. The second-order valence-corrected chi connectivity index (χ2v) is 4.69. The van der Waals surface area contributed by atoms with Crippen molar-refractivity contribution >= 4 is 22.9 Å². The van der Waals surface area contributed by atoms with Crippen molar-refractivity contribution in [3.63, 3.8) is 0 Å². The highest BCUT2D eigenvalue weighted by Gasteiger charge is 2.03. The summed E-state index contributed by atoms with van der Waals surface area (Å²) in [5, 5.41) is 3.37. The molecule has 0 aliphatic heterocycles. The average molecular weight is 256 g/mol. The van der Waals surface area contributed by atoms with E-state index in [1.54, 1.807) is 0 Å². The quantitative estimate of drug-likeness (QED) is 0.825. The maximum absolute atomic E-state index is 5.70. The Kier molecular flexibility index (Phi) is 3.95. The number of aryl methyl sites for hydroxylation is 1. The number of rotatable bonds is 4. The van der Waals surface area contributed by atoms with E-state index in [9.17, 15) is 0 Å². The first-order valence-electron chi connectivity index (χ1n) is 5.85. The summed E-state index contributed by atoms with van der Waals surface area (Å²) in [6, 6.07) is 16.2. The molecule has 0 aliphatic carbocycles. The third-order valence-corrected chi connectivity index (χ3v) is 2.98. The molecule has 0 bridgehead atoms. The predicted molar refractivity (Wildman–Crippen MR) is 80.8 cm³/mol. The van der Waals surface area contributed by atoms with Crippen LogP contribution in [-0.2, 0) is 6.54 Å². The highest BCUT2D eigenvalue weighted by atomic mass is 32.1. The molecule has 2 aromatic carbocycles. The Morgan fingerprint density at radius 1 is 1.17 bits per heavy atom. The molecule has 18 heavy (non-hydrogen) atoms. The molecule has 0 heterocycles. The van der Waals surface area contributed by atoms with Gasteiger partial charge in [0.1, 0.15) is 4.99 Å². The second kappa shape index (κ2) is 5.65. The summed E-state index contributed by atoms with van der Waals surface area (Å²) in [7, 11) is 0. The number of benzene rings is 2. The number of nitrogens with one attached hydrogen (secondary N) is 1. The summed E-state index contributed by atoms with van der Waals surface area (Å²) in [5.41, 5.74) is 10.1. The molecule has 0 fully saturated rings. The number of hydrogen-bond donors (Lipinski definition) is 2. The van der Waals surface area contributed by atoms with Gasteiger partial charge in [0.05, 0.1) is 0 Å². The van der Waals surface area contributed by atoms with Gasteiger partial charge in [-0.25, -0.2) is 0 Å². The zero-order valence-electron chi connectivity index (χ0n) is 10.3. The Morgan fingerprint density at radius 2 is 1.94 bits per heavy atom. The van der Waals surface area contributed by atoms with Crippen LogP contribution in [0.25, 0.3) is 0 Å². The van der Waals surface area contributed by atoms with Gasteiger partial charge in [-0.05, 0) is 24.6 Å². The molecule has 0 spiro atoms. The summed E-state index contributed by atoms with van der Waals surface area (Å²) >= 11 is 5.04. The summed E-state index contributed by atoms with van der Waals surface area (Å²) in [4.78, 5) is 0.419. The highest BCUT2D eigenvalue weighted by molar-refractivity contribution is 7.80. The second-order valence-electron chi connectivity index (χ2n) is 4.25. The molecule has 2 rings (SSSR count). The molecule has 2 nitrogen and oxygen atoms in total. The minimum absolute atomic E-state index is 0.419. The lowest BCUT2D eigenvalue weighted by Gasteiger charge is -2.11. The van der Waals surface area contributed by atoms with E-state index in [0.29, 0.717) is 4.99 Å². The summed E-state index contributed by atoms with van der Waals surface area (Å²) in [6.07, 6.45) is 0. The van der Waals surface area contributed by atoms with E-state index in [0.717, 1.165) is 17.8 Å². The topological polar surface area (TPSA) is 38.0 Å². The minimum atomic E-state index is 0.419. The molecule has 0 aliphatic rings. The van der Waals surface area contributed by atoms with Crippen LogP contribution in [0.5, 0.6) is 0 Å². The van der Waals surface area contributed by atoms with E-state index < -0.39 is 0 Å². The van der Waals surface area contributed by atoms with Crippen molar-refractivity contribution in [1.82, 2.24) is 0 Å². The van der Waals surface area contributed by atoms with E-state index >= 15 is 0 Å². The van der Waals surface area contributed by atoms with Gasteiger partial charge in [-0.15, -0.1) is 0 Å². The molecular weight excluding hydrogens is 240 g/mol. The molecule has 0 atom stereocenters. The van der Waals surface area contributed by atoms with Gasteiger partial charge in [0.2, 0.25) is 0 Å². The van der Waals surface area contributed by atoms with Crippen LogP contribution >= 0.6 is 12.2 Å². The van der Waals surface area contributed by atoms with E-state index in [1.807, 2.05) is 24.3 Å². The monoisotopic (exact) mass is 256 g/mol. The summed E-state index contributed by atoms with van der Waals surface area (Å²) < 4.78 is 0. The van der Waals surface area contributed by atoms with Gasteiger partial charge in [-0.3, -0.25) is 0 Å². The lowest BCUT2D eigenvalue weighted by molar-refractivity contribution is 1.14. The van der Waals surface area contributed by atoms with Gasteiger partial charge in [0.25, 0.3) is 0 Å². The predicted octanol–water partition coefficient (Wildman–Crippen LogP) is 3.24. The Labute approximate surface area is 113 Å². The van der Waals surface area contributed by atoms with Crippen LogP contribution in [0.3, 0.4) is 0 Å². The van der Waals surface area contributed by atoms with Crippen LogP contribution in [0.15, 0.2) is 48.5 Å². The number of hydrogen-bond acceptors (Lipinski definition) is 2. The first kappa shape index (κ1) is 12.6. The fourth-order valence-electron chi connectivity index (χ4n) is 1.87. The summed E-state index contributed by atoms with van der Waals surface area (Å²) in [6.45, 7) is 2.85. The lowest BCUT2D eigenvalue weighted by Crippen LogP contribution is -2.13. The van der Waals surface area contributed by atoms with Gasteiger partial charge >= 0.3 is 0 Å². The molecule has 0 unspecified atom stereocenters. The van der Waals surface area contributed by atoms with Crippen molar-refractivity contribution in [1.29, 1.82) is 0 Å². The van der Waals surface area contributed by atoms with Crippen molar-refractivity contribution in [3.05, 3.63) is 65.2 Å². The smallest absolute Gasteiger partial charge is 0.106 e. The Hall–Kier alpha value is -1.87. The molecule has 2 aromatic rings. The van der Waals surface area contributed by atoms with E-state index in [2.05, 4.69) is 36.5 Å². The normalized spacial score (nSPS) is 10.1. The third kappa shape index (κ3) is 3.08. The Bertz CT molecular complexity index is 564. The van der Waals surface area contributed by atoms with Gasteiger partial charge in [-0.2, -0.15) is 0 Å². The molecule has 92 valence electrons. The maximum atomic E-state index is 5.70. The molecular formula is C15H16N2S. The SMILES string of the molecule is Cc1cccc(CNc2ccccc2C(N)=S)c1. The largest absolute Gasteiger partial charge is 0.389 e. The molecule has 3 N–H and O–H groups in total. The van der Waals surface area contributed by atoms with Gasteiger partial charge in [0.15, 0.2) is 0 Å². The molecule has 3 heteroatoms. The number of anilines is 1. The van der Waals surface area contributed by atoms with Crippen LogP contribution in [0, 0.1) is 6.92 Å². The molecule has 0 radical (unpaired) electrons. The van der Waals surface area contributed by atoms with Gasteiger partial charge in [-0.1, -0.05) is 54.2 Å². The van der Waals surface area contributed by atoms with Gasteiger partial charge < -0.3 is 11.1 Å². The van der Waals surface area contributed by atoms with Crippen molar-refractivity contribution < 1.29 is 0 Å². The summed E-state index contributed by atoms with van der Waals surface area (Å²) in [5.74, 6) is 0. The number of nitrogens with two attached hydrogens (primary N) is 1. The zero-order chi connectivity index (χ0) is 13.0. The fraction of sp³-hybridized carbons (Fsp3) is 0.133. The van der Waals surface area contributed by atoms with Crippen LogP contribution in [-0.4, -0.2) is 4.99 Å². The molecule has 0 saturated carbocycles. The van der Waals surface area contributed by atoms with E-state index in [4.69, 9.17) is 18.0 Å². The molecule has 0 amide bonds. The lowest BCUT2D eigenvalue weighted by atomic mass is 10.1. The van der Waals surface area contributed by atoms with Crippen molar-refractivity contribution in [3.8, 4) is 0 Å². The highest BCUT2D eigenvalue weighted by Crippen LogP contribution is 2.16. The standard InChI is InChI=1S/C15H16N2S/c1-11-5-4-6-12(9-11)10-17-14-8-3-2-7-13(14)15(16)18/h2-9,17H,10H2,1H3,(H2,16,18). The number of thiocarbonyl (C=S) groups is 1. The first-order valence-corrected chi connectivity index (χ1v) is 6.26. The van der Waals surface area contributed by atoms with Crippen LogP contribution < -0.4 is 11.1 Å². The Balaban J connectivity index is 2.13. The first-order chi connectivity index (χ1) is 8.66. The van der Waals surface area contributed by atoms with E-state index in [-0.39, 0.29) is 0 Å². The van der Waals surface area contributed by atoms with Gasteiger partial charge in [0, 0.05) is 17.8 Å². The zero-order valence-corrected chi connectivity index (χ0v) is 11.1. The van der Waals surface area contributed by atoms with Crippen molar-refractivity contribution in [2.75, 3.05) is 5.32 Å². The van der Waals surface area contributed by atoms with Crippen molar-refractivity contribution in [2.24, 2.45) is 5.73 Å². The molecule has 0 saturated heterocycles. The Morgan fingerprint density at radius 3 is 2.67 bits per heavy atom. The van der Waals surface area contributed by atoms with Crippen LogP contribution in [0.1, 0.15) is 16.7 Å². The average Bonchev–Trinajstić information content (AvgIpc) is 2.37. The molecule has 0 aromatic heterocycles.